The highest BCUT2D eigenvalue weighted by atomic mass is 32.2. The van der Waals surface area contributed by atoms with Crippen LogP contribution in [0.15, 0.2) is 5.38 Å². The Labute approximate surface area is 130 Å². The molecule has 0 aliphatic carbocycles. The first-order chi connectivity index (χ1) is 9.88. The third kappa shape index (κ3) is 7.09. The molecule has 0 aromatic carbocycles. The van der Waals surface area contributed by atoms with E-state index in [1.165, 1.54) is 36.9 Å². The van der Waals surface area contributed by atoms with Crippen LogP contribution in [0.2, 0.25) is 0 Å². The molecule has 0 saturated heterocycles. The number of rotatable bonds is 8. The number of hydrogen-bond donors (Lipinski definition) is 3. The molecule has 1 aromatic heterocycles. The average molecular weight is 331 g/mol. The Morgan fingerprint density at radius 2 is 2.10 bits per heavy atom. The smallest absolute Gasteiger partial charge is 0.326 e. The van der Waals surface area contributed by atoms with Gasteiger partial charge in [0.1, 0.15) is 6.04 Å². The van der Waals surface area contributed by atoms with E-state index in [1.807, 2.05) is 5.38 Å². The van der Waals surface area contributed by atoms with E-state index in [1.54, 1.807) is 0 Å². The molecule has 1 heterocycles. The minimum absolute atomic E-state index is 0.164. The first kappa shape index (κ1) is 17.4. The largest absolute Gasteiger partial charge is 0.480 e. The van der Waals surface area contributed by atoms with Gasteiger partial charge in [-0.2, -0.15) is 11.8 Å². The van der Waals surface area contributed by atoms with Crippen LogP contribution in [0.4, 0.5) is 5.13 Å². The Kier molecular flexibility index (Phi) is 7.17. The van der Waals surface area contributed by atoms with E-state index in [0.29, 0.717) is 23.1 Å². The summed E-state index contributed by atoms with van der Waals surface area (Å²) in [5.41, 5.74) is 0.833. The van der Waals surface area contributed by atoms with Crippen LogP contribution in [0.5, 0.6) is 0 Å². The molecule has 0 radical (unpaired) electrons. The Morgan fingerprint density at radius 1 is 1.38 bits per heavy atom. The number of hydrogen-bond acceptors (Lipinski definition) is 6. The number of carboxylic acids is 1. The van der Waals surface area contributed by atoms with Crippen LogP contribution < -0.4 is 10.6 Å². The van der Waals surface area contributed by atoms with Crippen molar-refractivity contribution in [2.75, 3.05) is 11.1 Å². The number of carbonyl (C=O) groups excluding carboxylic acids is 2. The number of aliphatic carboxylic acids is 1. The highest BCUT2D eigenvalue weighted by Gasteiger charge is 2.17. The lowest BCUT2D eigenvalue weighted by molar-refractivity contribution is -0.141. The normalized spacial score (nSPS) is 11.7. The quantitative estimate of drug-likeness (QED) is 0.620. The molecule has 0 fully saturated rings. The molecule has 116 valence electrons. The predicted octanol–water partition coefficient (Wildman–Crippen LogP) is 1.31. The van der Waals surface area contributed by atoms with Crippen molar-refractivity contribution in [3.05, 3.63) is 11.1 Å². The van der Waals surface area contributed by atoms with Crippen molar-refractivity contribution >= 4 is 46.0 Å². The van der Waals surface area contributed by atoms with Crippen molar-refractivity contribution in [3.63, 3.8) is 0 Å². The number of amides is 2. The van der Waals surface area contributed by atoms with Gasteiger partial charge < -0.3 is 15.7 Å². The molecular formula is C12H17N3O4S2. The highest BCUT2D eigenvalue weighted by molar-refractivity contribution is 7.98. The van der Waals surface area contributed by atoms with Crippen LogP contribution >= 0.6 is 23.1 Å². The molecule has 0 aliphatic rings. The van der Waals surface area contributed by atoms with Crippen molar-refractivity contribution in [1.29, 1.82) is 0 Å². The van der Waals surface area contributed by atoms with Crippen molar-refractivity contribution in [3.8, 4) is 0 Å². The zero-order chi connectivity index (χ0) is 15.8. The van der Waals surface area contributed by atoms with E-state index in [0.717, 1.165) is 5.69 Å². The second kappa shape index (κ2) is 8.63. The summed E-state index contributed by atoms with van der Waals surface area (Å²) < 4.78 is 0. The van der Waals surface area contributed by atoms with Crippen LogP contribution in [-0.4, -0.2) is 39.7 Å². The summed E-state index contributed by atoms with van der Waals surface area (Å²) in [6.07, 6.45) is 0.349. The Balaban J connectivity index is 2.32. The maximum atomic E-state index is 10.9. The van der Waals surface area contributed by atoms with Gasteiger partial charge in [0.05, 0.1) is 5.69 Å². The van der Waals surface area contributed by atoms with E-state index < -0.39 is 12.0 Å². The fraction of sp³-hybridized carbons (Fsp3) is 0.500. The molecule has 0 aliphatic heterocycles. The Bertz CT molecular complexity index is 518. The lowest BCUT2D eigenvalue weighted by Gasteiger charge is -2.12. The summed E-state index contributed by atoms with van der Waals surface area (Å²) in [5, 5.41) is 16.3. The van der Waals surface area contributed by atoms with Gasteiger partial charge in [-0.3, -0.25) is 9.59 Å². The molecule has 7 nitrogen and oxygen atoms in total. The molecule has 21 heavy (non-hydrogen) atoms. The monoisotopic (exact) mass is 331 g/mol. The standard InChI is InChI=1S/C12H17N3O4S2/c1-7(16)13-10(11(18)19)3-4-20-5-9-6-21-12(15-9)14-8(2)17/h6,10H,3-5H2,1-2H3,(H,13,16)(H,18,19)(H,14,15,17). The molecule has 9 heteroatoms. The molecular weight excluding hydrogens is 314 g/mol. The lowest BCUT2D eigenvalue weighted by Crippen LogP contribution is -2.39. The zero-order valence-electron chi connectivity index (χ0n) is 11.7. The number of carboxylic acid groups (broad SMARTS) is 1. The van der Waals surface area contributed by atoms with Crippen molar-refractivity contribution in [2.45, 2.75) is 32.1 Å². The van der Waals surface area contributed by atoms with Gasteiger partial charge in [-0.1, -0.05) is 0 Å². The van der Waals surface area contributed by atoms with E-state index >= 15 is 0 Å². The topological polar surface area (TPSA) is 108 Å². The molecule has 0 saturated carbocycles. The van der Waals surface area contributed by atoms with Gasteiger partial charge in [0.15, 0.2) is 5.13 Å². The number of thiazole rings is 1. The number of thioether (sulfide) groups is 1. The van der Waals surface area contributed by atoms with Crippen molar-refractivity contribution in [2.24, 2.45) is 0 Å². The van der Waals surface area contributed by atoms with Crippen LogP contribution in [0.1, 0.15) is 26.0 Å². The van der Waals surface area contributed by atoms with Crippen LogP contribution in [-0.2, 0) is 20.1 Å². The number of anilines is 1. The third-order valence-corrected chi connectivity index (χ3v) is 4.14. The molecule has 3 N–H and O–H groups in total. The van der Waals surface area contributed by atoms with Crippen molar-refractivity contribution < 1.29 is 19.5 Å². The summed E-state index contributed by atoms with van der Waals surface area (Å²) in [6, 6.07) is -0.861. The lowest BCUT2D eigenvalue weighted by atomic mass is 10.2. The zero-order valence-corrected chi connectivity index (χ0v) is 13.3. The maximum Gasteiger partial charge on any atom is 0.326 e. The van der Waals surface area contributed by atoms with Crippen LogP contribution in [0, 0.1) is 0 Å². The molecule has 0 spiro atoms. The molecule has 1 rings (SSSR count). The summed E-state index contributed by atoms with van der Waals surface area (Å²) in [6.45, 7) is 2.71. The maximum absolute atomic E-state index is 10.9. The summed E-state index contributed by atoms with van der Waals surface area (Å²) in [5.74, 6) is -0.338. The van der Waals surface area contributed by atoms with E-state index in [9.17, 15) is 14.4 Å². The fourth-order valence-electron chi connectivity index (χ4n) is 1.46. The van der Waals surface area contributed by atoms with Gasteiger partial charge in [0.25, 0.3) is 0 Å². The summed E-state index contributed by atoms with van der Waals surface area (Å²) >= 11 is 2.88. The van der Waals surface area contributed by atoms with Gasteiger partial charge in [-0.05, 0) is 12.2 Å². The van der Waals surface area contributed by atoms with Crippen LogP contribution in [0.3, 0.4) is 0 Å². The van der Waals surface area contributed by atoms with Gasteiger partial charge in [-0.15, -0.1) is 11.3 Å². The minimum Gasteiger partial charge on any atom is -0.480 e. The minimum atomic E-state index is -1.03. The molecule has 1 atom stereocenters. The van der Waals surface area contributed by atoms with Gasteiger partial charge >= 0.3 is 5.97 Å². The van der Waals surface area contributed by atoms with Gasteiger partial charge in [0, 0.05) is 25.0 Å². The summed E-state index contributed by atoms with van der Waals surface area (Å²) in [4.78, 5) is 36.9. The van der Waals surface area contributed by atoms with E-state index in [2.05, 4.69) is 15.6 Å². The first-order valence-corrected chi connectivity index (χ1v) is 8.21. The van der Waals surface area contributed by atoms with Gasteiger partial charge in [0.2, 0.25) is 11.8 Å². The SMILES string of the molecule is CC(=O)Nc1nc(CSCCC(NC(C)=O)C(=O)O)cs1. The van der Waals surface area contributed by atoms with E-state index in [4.69, 9.17) is 5.11 Å². The average Bonchev–Trinajstić information content (AvgIpc) is 2.79. The Hall–Kier alpha value is -1.61. The fourth-order valence-corrected chi connectivity index (χ4v) is 3.23. The number of nitrogens with zero attached hydrogens (tertiary/aromatic N) is 1. The first-order valence-electron chi connectivity index (χ1n) is 6.18. The Morgan fingerprint density at radius 3 is 2.67 bits per heavy atom. The van der Waals surface area contributed by atoms with Crippen molar-refractivity contribution in [1.82, 2.24) is 10.3 Å². The number of nitrogens with one attached hydrogen (secondary N) is 2. The number of aromatic nitrogens is 1. The summed E-state index contributed by atoms with van der Waals surface area (Å²) in [7, 11) is 0. The molecule has 2 amide bonds. The number of carbonyl (C=O) groups is 3. The van der Waals surface area contributed by atoms with Gasteiger partial charge in [-0.25, -0.2) is 9.78 Å². The molecule has 1 unspecified atom stereocenters. The van der Waals surface area contributed by atoms with E-state index in [-0.39, 0.29) is 11.8 Å². The highest BCUT2D eigenvalue weighted by Crippen LogP contribution is 2.20. The third-order valence-electron chi connectivity index (χ3n) is 2.31. The second-order valence-corrected chi connectivity index (χ2v) is 6.22. The molecule has 1 aromatic rings. The molecule has 0 bridgehead atoms. The second-order valence-electron chi connectivity index (χ2n) is 4.26. The predicted molar refractivity (Wildman–Crippen MR) is 82.4 cm³/mol. The van der Waals surface area contributed by atoms with Crippen LogP contribution in [0.25, 0.3) is 0 Å².